The van der Waals surface area contributed by atoms with E-state index in [9.17, 15) is 14.7 Å². The Morgan fingerprint density at radius 2 is 1.48 bits per heavy atom. The molecule has 25 heavy (non-hydrogen) atoms. The van der Waals surface area contributed by atoms with Crippen molar-refractivity contribution in [2.24, 2.45) is 5.92 Å². The first kappa shape index (κ1) is 18.7. The summed E-state index contributed by atoms with van der Waals surface area (Å²) < 4.78 is 0. The molecular weight excluding hydrogens is 316 g/mol. The van der Waals surface area contributed by atoms with Gasteiger partial charge in [0, 0.05) is 18.2 Å². The fourth-order valence-electron chi connectivity index (χ4n) is 2.36. The Bertz CT molecular complexity index is 689. The van der Waals surface area contributed by atoms with E-state index in [-0.39, 0.29) is 30.4 Å². The molecule has 5 heteroatoms. The maximum atomic E-state index is 12.7. The first-order valence-electron chi connectivity index (χ1n) is 8.35. The molecule has 2 aromatic rings. The van der Waals surface area contributed by atoms with Gasteiger partial charge in [0.25, 0.3) is 5.91 Å². The first-order chi connectivity index (χ1) is 12.0. The Labute approximate surface area is 148 Å². The zero-order valence-corrected chi connectivity index (χ0v) is 14.5. The molecule has 3 N–H and O–H groups in total. The molecule has 3 unspecified atom stereocenters. The van der Waals surface area contributed by atoms with Crippen molar-refractivity contribution >= 4 is 11.8 Å². The lowest BCUT2D eigenvalue weighted by atomic mass is 10.0. The van der Waals surface area contributed by atoms with E-state index >= 15 is 0 Å². The van der Waals surface area contributed by atoms with Crippen molar-refractivity contribution < 1.29 is 14.7 Å². The molecule has 2 amide bonds. The molecule has 0 heterocycles. The van der Waals surface area contributed by atoms with E-state index in [0.717, 1.165) is 0 Å². The van der Waals surface area contributed by atoms with Crippen molar-refractivity contribution in [2.45, 2.75) is 25.9 Å². The molecule has 2 rings (SSSR count). The average Bonchev–Trinajstić information content (AvgIpc) is 2.66. The maximum Gasteiger partial charge on any atom is 0.252 e. The van der Waals surface area contributed by atoms with Crippen molar-refractivity contribution in [3.8, 4) is 0 Å². The van der Waals surface area contributed by atoms with Crippen LogP contribution in [0, 0.1) is 5.92 Å². The molecule has 3 atom stereocenters. The Kier molecular flexibility index (Phi) is 6.71. The summed E-state index contributed by atoms with van der Waals surface area (Å²) in [5, 5.41) is 14.9. The quantitative estimate of drug-likeness (QED) is 0.724. The van der Waals surface area contributed by atoms with Gasteiger partial charge in [-0.3, -0.25) is 9.59 Å². The summed E-state index contributed by atoms with van der Waals surface area (Å²) in [5.74, 6) is -0.694. The van der Waals surface area contributed by atoms with Gasteiger partial charge in [0.15, 0.2) is 0 Å². The summed E-state index contributed by atoms with van der Waals surface area (Å²) in [4.78, 5) is 25.2. The zero-order valence-electron chi connectivity index (χ0n) is 14.5. The van der Waals surface area contributed by atoms with Gasteiger partial charge in [0.2, 0.25) is 5.91 Å². The number of rotatable bonds is 7. The molecule has 0 saturated carbocycles. The highest BCUT2D eigenvalue weighted by Gasteiger charge is 2.25. The number of aliphatic hydroxyl groups is 1. The van der Waals surface area contributed by atoms with Crippen LogP contribution in [0.25, 0.3) is 0 Å². The molecule has 5 nitrogen and oxygen atoms in total. The Morgan fingerprint density at radius 3 is 2.04 bits per heavy atom. The molecule has 0 bridgehead atoms. The smallest absolute Gasteiger partial charge is 0.252 e. The van der Waals surface area contributed by atoms with Crippen LogP contribution in [0.4, 0.5) is 0 Å². The molecule has 2 aromatic carbocycles. The summed E-state index contributed by atoms with van der Waals surface area (Å²) in [6, 6.07) is 16.9. The van der Waals surface area contributed by atoms with E-state index in [0.29, 0.717) is 11.1 Å². The molecule has 0 spiro atoms. The van der Waals surface area contributed by atoms with Crippen LogP contribution in [0.1, 0.15) is 35.8 Å². The van der Waals surface area contributed by atoms with Crippen LogP contribution in [0.5, 0.6) is 0 Å². The Morgan fingerprint density at radius 1 is 0.920 bits per heavy atom. The van der Waals surface area contributed by atoms with Gasteiger partial charge >= 0.3 is 0 Å². The summed E-state index contributed by atoms with van der Waals surface area (Å²) in [6.07, 6.45) is 0. The van der Waals surface area contributed by atoms with Crippen molar-refractivity contribution in [1.29, 1.82) is 0 Å². The van der Waals surface area contributed by atoms with Gasteiger partial charge in [-0.1, -0.05) is 55.5 Å². The lowest BCUT2D eigenvalue weighted by Crippen LogP contribution is -2.46. The first-order valence-corrected chi connectivity index (χ1v) is 8.35. The fraction of sp³-hybridized carbons (Fsp3) is 0.300. The van der Waals surface area contributed by atoms with Crippen LogP contribution >= 0.6 is 0 Å². The molecule has 0 aliphatic heterocycles. The maximum absolute atomic E-state index is 12.7. The second-order valence-electron chi connectivity index (χ2n) is 6.14. The molecule has 0 radical (unpaired) electrons. The lowest BCUT2D eigenvalue weighted by Gasteiger charge is -2.24. The van der Waals surface area contributed by atoms with Crippen LogP contribution in [-0.4, -0.2) is 29.6 Å². The SMILES string of the molecule is CC(CO)C(C)NC(=O)C(NC(=O)c1ccccc1)c1ccccc1. The highest BCUT2D eigenvalue weighted by Crippen LogP contribution is 2.15. The van der Waals surface area contributed by atoms with Crippen LogP contribution in [-0.2, 0) is 4.79 Å². The van der Waals surface area contributed by atoms with Gasteiger partial charge in [-0.2, -0.15) is 0 Å². The number of amides is 2. The zero-order chi connectivity index (χ0) is 18.2. The van der Waals surface area contributed by atoms with E-state index in [1.807, 2.05) is 38.1 Å². The van der Waals surface area contributed by atoms with Gasteiger partial charge < -0.3 is 15.7 Å². The van der Waals surface area contributed by atoms with E-state index in [2.05, 4.69) is 10.6 Å². The van der Waals surface area contributed by atoms with E-state index < -0.39 is 6.04 Å². The second kappa shape index (κ2) is 8.99. The standard InChI is InChI=1S/C20H24N2O3/c1-14(13-23)15(2)21-20(25)18(16-9-5-3-6-10-16)22-19(24)17-11-7-4-8-12-17/h3-12,14-15,18,23H,13H2,1-2H3,(H,21,25)(H,22,24). The molecule has 0 fully saturated rings. The Hall–Kier alpha value is -2.66. The van der Waals surface area contributed by atoms with E-state index in [1.54, 1.807) is 36.4 Å². The number of carbonyl (C=O) groups excluding carboxylic acids is 2. The monoisotopic (exact) mass is 340 g/mol. The largest absolute Gasteiger partial charge is 0.396 e. The van der Waals surface area contributed by atoms with Crippen LogP contribution < -0.4 is 10.6 Å². The highest BCUT2D eigenvalue weighted by atomic mass is 16.3. The summed E-state index contributed by atoms with van der Waals surface area (Å²) in [6.45, 7) is 3.67. The predicted octanol–water partition coefficient (Wildman–Crippen LogP) is 2.29. The number of hydrogen-bond donors (Lipinski definition) is 3. The minimum absolute atomic E-state index is 0.0200. The van der Waals surface area contributed by atoms with Crippen molar-refractivity contribution in [3.63, 3.8) is 0 Å². The second-order valence-corrected chi connectivity index (χ2v) is 6.14. The summed E-state index contributed by atoms with van der Waals surface area (Å²) in [7, 11) is 0. The molecule has 0 aliphatic carbocycles. The third kappa shape index (κ3) is 5.16. The van der Waals surface area contributed by atoms with Crippen LogP contribution in [0.2, 0.25) is 0 Å². The van der Waals surface area contributed by atoms with Gasteiger partial charge in [-0.25, -0.2) is 0 Å². The topological polar surface area (TPSA) is 78.4 Å². The fourth-order valence-corrected chi connectivity index (χ4v) is 2.36. The molecule has 132 valence electrons. The average molecular weight is 340 g/mol. The highest BCUT2D eigenvalue weighted by molar-refractivity contribution is 5.97. The van der Waals surface area contributed by atoms with Crippen molar-refractivity contribution in [3.05, 3.63) is 71.8 Å². The van der Waals surface area contributed by atoms with E-state index in [4.69, 9.17) is 0 Å². The van der Waals surface area contributed by atoms with Gasteiger partial charge in [0.1, 0.15) is 6.04 Å². The number of aliphatic hydroxyl groups excluding tert-OH is 1. The molecule has 0 saturated heterocycles. The number of hydrogen-bond acceptors (Lipinski definition) is 3. The predicted molar refractivity (Wildman–Crippen MR) is 96.9 cm³/mol. The van der Waals surface area contributed by atoms with Gasteiger partial charge in [-0.05, 0) is 30.5 Å². The van der Waals surface area contributed by atoms with Gasteiger partial charge in [0.05, 0.1) is 0 Å². The van der Waals surface area contributed by atoms with Crippen LogP contribution in [0.15, 0.2) is 60.7 Å². The van der Waals surface area contributed by atoms with Crippen LogP contribution in [0.3, 0.4) is 0 Å². The van der Waals surface area contributed by atoms with E-state index in [1.165, 1.54) is 0 Å². The molecule has 0 aromatic heterocycles. The number of nitrogens with one attached hydrogen (secondary N) is 2. The third-order valence-corrected chi connectivity index (χ3v) is 4.22. The minimum Gasteiger partial charge on any atom is -0.396 e. The summed E-state index contributed by atoms with van der Waals surface area (Å²) >= 11 is 0. The number of carbonyl (C=O) groups is 2. The summed E-state index contributed by atoms with van der Waals surface area (Å²) in [5.41, 5.74) is 1.20. The van der Waals surface area contributed by atoms with Gasteiger partial charge in [-0.15, -0.1) is 0 Å². The third-order valence-electron chi connectivity index (χ3n) is 4.22. The lowest BCUT2D eigenvalue weighted by molar-refractivity contribution is -0.124. The Balaban J connectivity index is 2.19. The number of benzene rings is 2. The van der Waals surface area contributed by atoms with Crippen molar-refractivity contribution in [1.82, 2.24) is 10.6 Å². The van der Waals surface area contributed by atoms with Crippen molar-refractivity contribution in [2.75, 3.05) is 6.61 Å². The minimum atomic E-state index is -0.803. The molecular formula is C20H24N2O3. The molecule has 0 aliphatic rings. The normalized spacial score (nSPS) is 14.2.